The first-order chi connectivity index (χ1) is 4.57. The summed E-state index contributed by atoms with van der Waals surface area (Å²) in [6.45, 7) is 1.24. The molecule has 0 fully saturated rings. The molecule has 1 atom stereocenters. The maximum Gasteiger partial charge on any atom is 2.00 e. The van der Waals surface area contributed by atoms with Crippen LogP contribution in [0.15, 0.2) is 0 Å². The molecule has 0 radical (unpaired) electrons. The Bertz CT molecular complexity index is 156. The smallest absolute Gasteiger partial charge is 0.693 e. The fourth-order valence-corrected chi connectivity index (χ4v) is 0.665. The van der Waals surface area contributed by atoms with Crippen LogP contribution in [-0.2, 0) is 9.59 Å². The van der Waals surface area contributed by atoms with Crippen molar-refractivity contribution < 1.29 is 14.7 Å². The standard InChI is InChI=1S/C5H9NO3S.Ca.H2N/c1-3(7)6-4(2-10)5(8)9;;/h4,10H,2H2,1H3,(H,6,7)(H,8,9);;1H2/q;+2;-1/p-1/t4-;;/m0../s1. The van der Waals surface area contributed by atoms with E-state index < -0.39 is 17.9 Å². The number of hydrogen-bond donors (Lipinski definition) is 2. The number of amides is 1. The predicted molar refractivity (Wildman–Crippen MR) is 47.5 cm³/mol. The Morgan fingerprint density at radius 2 is 2.00 bits per heavy atom. The second kappa shape index (κ2) is 9.60. The number of carboxylic acids is 1. The molecule has 0 saturated heterocycles. The van der Waals surface area contributed by atoms with Gasteiger partial charge in [0.15, 0.2) is 0 Å². The first-order valence-electron chi connectivity index (χ1n) is 2.66. The van der Waals surface area contributed by atoms with Crippen LogP contribution in [0.25, 0.3) is 6.15 Å². The van der Waals surface area contributed by atoms with Gasteiger partial charge in [0, 0.05) is 12.7 Å². The van der Waals surface area contributed by atoms with Gasteiger partial charge in [0.2, 0.25) is 5.91 Å². The normalized spacial score (nSPS) is 10.2. The predicted octanol–water partition coefficient (Wildman–Crippen LogP) is -1.49. The fraction of sp³-hybridized carbons (Fsp3) is 0.600. The van der Waals surface area contributed by atoms with Gasteiger partial charge in [-0.25, -0.2) is 0 Å². The van der Waals surface area contributed by atoms with Gasteiger partial charge in [0.25, 0.3) is 0 Å². The summed E-state index contributed by atoms with van der Waals surface area (Å²) in [5.74, 6) is -1.67. The molecule has 1 amide bonds. The third kappa shape index (κ3) is 8.60. The van der Waals surface area contributed by atoms with Gasteiger partial charge in [-0.3, -0.25) is 4.79 Å². The molecule has 0 aromatic carbocycles. The summed E-state index contributed by atoms with van der Waals surface area (Å²) >= 11 is 3.69. The monoisotopic (exact) mass is 218 g/mol. The van der Waals surface area contributed by atoms with E-state index in [1.165, 1.54) is 6.92 Å². The number of hydrogen-bond acceptors (Lipinski definition) is 4. The zero-order chi connectivity index (χ0) is 8.15. The van der Waals surface area contributed by atoms with Crippen LogP contribution in [0.4, 0.5) is 0 Å². The Hall–Kier alpha value is 0.510. The zero-order valence-corrected chi connectivity index (χ0v) is 9.84. The second-order valence-corrected chi connectivity index (χ2v) is 2.12. The van der Waals surface area contributed by atoms with E-state index in [0.717, 1.165) is 0 Å². The Morgan fingerprint density at radius 1 is 1.58 bits per heavy atom. The number of carbonyl (C=O) groups is 2. The van der Waals surface area contributed by atoms with Crippen LogP contribution in [0, 0.1) is 0 Å². The van der Waals surface area contributed by atoms with Crippen LogP contribution < -0.4 is 10.4 Å². The summed E-state index contributed by atoms with van der Waals surface area (Å²) in [7, 11) is 0. The number of nitrogens with one attached hydrogen (secondary N) is 1. The first-order valence-corrected chi connectivity index (χ1v) is 3.30. The molecule has 7 heteroatoms. The first kappa shape index (κ1) is 18.3. The van der Waals surface area contributed by atoms with Crippen LogP contribution in [0.5, 0.6) is 0 Å². The molecule has 3 N–H and O–H groups in total. The topological polar surface area (TPSA) is 103 Å². The number of thiol groups is 1. The van der Waals surface area contributed by atoms with Crippen LogP contribution in [-0.4, -0.2) is 61.4 Å². The third-order valence-electron chi connectivity index (χ3n) is 0.845. The number of carboxylic acid groups (broad SMARTS) is 1. The van der Waals surface area contributed by atoms with Crippen molar-refractivity contribution in [1.82, 2.24) is 5.32 Å². The van der Waals surface area contributed by atoms with E-state index in [0.29, 0.717) is 0 Å². The minimum atomic E-state index is -1.31. The Kier molecular flexibility index (Phi) is 14.7. The van der Waals surface area contributed by atoms with Crippen LogP contribution >= 0.6 is 12.6 Å². The maximum atomic E-state index is 10.3. The molecule has 66 valence electrons. The van der Waals surface area contributed by atoms with Gasteiger partial charge in [-0.2, -0.15) is 12.6 Å². The summed E-state index contributed by atoms with van der Waals surface area (Å²) in [5, 5.41) is 12.2. The van der Waals surface area contributed by atoms with Crippen molar-refractivity contribution in [2.24, 2.45) is 0 Å². The van der Waals surface area contributed by atoms with Crippen molar-refractivity contribution in [2.75, 3.05) is 5.75 Å². The molecule has 0 aromatic heterocycles. The second-order valence-electron chi connectivity index (χ2n) is 1.75. The van der Waals surface area contributed by atoms with Crippen molar-refractivity contribution in [3.05, 3.63) is 6.15 Å². The van der Waals surface area contributed by atoms with Gasteiger partial charge in [-0.15, -0.1) is 0 Å². The Labute approximate surface area is 106 Å². The van der Waals surface area contributed by atoms with E-state index in [1.54, 1.807) is 0 Å². The average Bonchev–Trinajstić information content (AvgIpc) is 1.81. The molecule has 5 nitrogen and oxygen atoms in total. The zero-order valence-electron chi connectivity index (χ0n) is 6.74. The molecular weight excluding hydrogens is 208 g/mol. The third-order valence-corrected chi connectivity index (χ3v) is 1.21. The largest absolute Gasteiger partial charge is 2.00 e. The molecule has 0 bridgehead atoms. The summed E-state index contributed by atoms with van der Waals surface area (Å²) in [6.07, 6.45) is 0. The van der Waals surface area contributed by atoms with E-state index in [9.17, 15) is 14.7 Å². The SMILES string of the molecule is CC(=O)N[C@@H](CS)C(=O)[O-].[Ca+2].[NH2-]. The number of rotatable bonds is 3. The molecule has 0 aromatic rings. The number of aliphatic carboxylic acids is 1. The van der Waals surface area contributed by atoms with Crippen molar-refractivity contribution in [2.45, 2.75) is 13.0 Å². The van der Waals surface area contributed by atoms with Gasteiger partial charge in [-0.05, 0) is 0 Å². The molecule has 12 heavy (non-hydrogen) atoms. The Balaban J connectivity index is -0.000000405. The van der Waals surface area contributed by atoms with E-state index in [1.807, 2.05) is 0 Å². The molecule has 0 unspecified atom stereocenters. The number of nitrogens with two attached hydrogens (primary N) is 1. The van der Waals surface area contributed by atoms with Gasteiger partial charge < -0.3 is 21.4 Å². The minimum Gasteiger partial charge on any atom is -0.693 e. The van der Waals surface area contributed by atoms with E-state index >= 15 is 0 Å². The van der Waals surface area contributed by atoms with Crippen molar-refractivity contribution in [3.63, 3.8) is 0 Å². The van der Waals surface area contributed by atoms with E-state index in [2.05, 4.69) is 17.9 Å². The maximum absolute atomic E-state index is 10.3. The van der Waals surface area contributed by atoms with Crippen molar-refractivity contribution in [1.29, 1.82) is 0 Å². The van der Waals surface area contributed by atoms with Crippen molar-refractivity contribution >= 4 is 62.2 Å². The van der Waals surface area contributed by atoms with Gasteiger partial charge in [0.1, 0.15) is 0 Å². The van der Waals surface area contributed by atoms with Gasteiger partial charge >= 0.3 is 37.7 Å². The summed E-state index contributed by atoms with van der Waals surface area (Å²) in [4.78, 5) is 20.4. The molecule has 0 aliphatic heterocycles. The fourth-order valence-electron chi connectivity index (χ4n) is 0.424. The molecule has 0 aliphatic carbocycles. The van der Waals surface area contributed by atoms with Crippen LogP contribution in [0.2, 0.25) is 0 Å². The van der Waals surface area contributed by atoms with E-state index in [-0.39, 0.29) is 49.6 Å². The molecule has 0 spiro atoms. The molecule has 0 rings (SSSR count). The summed E-state index contributed by atoms with van der Waals surface area (Å²) < 4.78 is 0. The Morgan fingerprint density at radius 3 is 2.08 bits per heavy atom. The van der Waals surface area contributed by atoms with Gasteiger partial charge in [-0.1, -0.05) is 0 Å². The average molecular weight is 218 g/mol. The van der Waals surface area contributed by atoms with E-state index in [4.69, 9.17) is 0 Å². The molecular formula is C5H10CaN2O3S. The summed E-state index contributed by atoms with van der Waals surface area (Å²) in [6, 6.07) is -0.985. The molecule has 0 heterocycles. The molecule has 0 aliphatic rings. The summed E-state index contributed by atoms with van der Waals surface area (Å²) in [5.41, 5.74) is 0. The van der Waals surface area contributed by atoms with Crippen LogP contribution in [0.1, 0.15) is 6.92 Å². The molecule has 0 saturated carbocycles. The van der Waals surface area contributed by atoms with Gasteiger partial charge in [0.05, 0.1) is 12.0 Å². The van der Waals surface area contributed by atoms with Crippen LogP contribution in [0.3, 0.4) is 0 Å². The minimum absolute atomic E-state index is 0. The van der Waals surface area contributed by atoms with Crippen molar-refractivity contribution in [3.8, 4) is 0 Å². The number of carbonyl (C=O) groups excluding carboxylic acids is 2. The quantitative estimate of drug-likeness (QED) is 0.445.